The number of hydrogen-bond acceptors (Lipinski definition) is 5. The average Bonchev–Trinajstić information content (AvgIpc) is 3.34. The van der Waals surface area contributed by atoms with Gasteiger partial charge < -0.3 is 9.47 Å². The Balaban J connectivity index is 0.00000210. The number of fused-ring (bicyclic) bond motifs is 1. The first kappa shape index (κ1) is 19.9. The van der Waals surface area contributed by atoms with E-state index in [9.17, 15) is 8.42 Å². The predicted octanol–water partition coefficient (Wildman–Crippen LogP) is 2.95. The average molecular weight is 411 g/mol. The molecule has 27 heavy (non-hydrogen) atoms. The summed E-state index contributed by atoms with van der Waals surface area (Å²) in [4.78, 5) is 2.61. The first-order valence-electron chi connectivity index (χ1n) is 8.82. The van der Waals surface area contributed by atoms with Crippen molar-refractivity contribution in [1.29, 1.82) is 0 Å². The second kappa shape index (κ2) is 8.48. The molecule has 146 valence electrons. The van der Waals surface area contributed by atoms with Crippen molar-refractivity contribution in [3.63, 3.8) is 0 Å². The Morgan fingerprint density at radius 1 is 1.00 bits per heavy atom. The second-order valence-corrected chi connectivity index (χ2v) is 8.30. The van der Waals surface area contributed by atoms with Crippen LogP contribution < -0.4 is 14.2 Å². The zero-order valence-electron chi connectivity index (χ0n) is 14.8. The molecule has 4 rings (SSSR count). The quantitative estimate of drug-likeness (QED) is 0.793. The van der Waals surface area contributed by atoms with Gasteiger partial charge in [-0.15, -0.1) is 12.4 Å². The zero-order valence-corrected chi connectivity index (χ0v) is 16.5. The molecule has 1 atom stereocenters. The molecule has 2 aliphatic rings. The molecule has 2 aromatic carbocycles. The highest BCUT2D eigenvalue weighted by atomic mass is 35.5. The molecule has 1 fully saturated rings. The Labute approximate surface area is 165 Å². The molecule has 0 aliphatic carbocycles. The number of ether oxygens (including phenoxy) is 2. The predicted molar refractivity (Wildman–Crippen MR) is 105 cm³/mol. The molecule has 1 unspecified atom stereocenters. The number of nitrogens with zero attached hydrogens (tertiary/aromatic N) is 1. The van der Waals surface area contributed by atoms with Gasteiger partial charge in [0.15, 0.2) is 11.5 Å². The van der Waals surface area contributed by atoms with Crippen molar-refractivity contribution in [3.8, 4) is 11.5 Å². The summed E-state index contributed by atoms with van der Waals surface area (Å²) in [7, 11) is -3.54. The van der Waals surface area contributed by atoms with Crippen LogP contribution in [0.5, 0.6) is 11.5 Å². The monoisotopic (exact) mass is 410 g/mol. The minimum absolute atomic E-state index is 0. The van der Waals surface area contributed by atoms with Gasteiger partial charge in [-0.2, -0.15) is 0 Å². The van der Waals surface area contributed by atoms with E-state index in [4.69, 9.17) is 9.47 Å². The Hall–Kier alpha value is -1.80. The van der Waals surface area contributed by atoms with E-state index in [0.29, 0.717) is 6.54 Å². The highest BCUT2D eigenvalue weighted by Crippen LogP contribution is 2.36. The van der Waals surface area contributed by atoms with E-state index in [-0.39, 0.29) is 30.1 Å². The van der Waals surface area contributed by atoms with Crippen molar-refractivity contribution in [2.24, 2.45) is 0 Å². The van der Waals surface area contributed by atoms with Gasteiger partial charge in [0.1, 0.15) is 0 Å². The Morgan fingerprint density at radius 2 is 1.70 bits per heavy atom. The molecule has 6 nitrogen and oxygen atoms in total. The summed E-state index contributed by atoms with van der Waals surface area (Å²) in [6, 6.07) is 14.3. The van der Waals surface area contributed by atoms with Crippen molar-refractivity contribution >= 4 is 22.4 Å². The zero-order chi connectivity index (χ0) is 18.0. The van der Waals surface area contributed by atoms with Crippen molar-refractivity contribution in [1.82, 2.24) is 9.62 Å². The number of nitrogens with one attached hydrogen (secondary N) is 1. The van der Waals surface area contributed by atoms with Gasteiger partial charge in [0, 0.05) is 12.6 Å². The second-order valence-electron chi connectivity index (χ2n) is 6.54. The van der Waals surface area contributed by atoms with Gasteiger partial charge in [-0.1, -0.05) is 24.3 Å². The normalized spacial score (nSPS) is 17.5. The Morgan fingerprint density at radius 3 is 2.44 bits per heavy atom. The molecular formula is C19H23ClN2O4S. The third-order valence-electron chi connectivity index (χ3n) is 4.88. The summed E-state index contributed by atoms with van der Waals surface area (Å²) in [5, 5.41) is 0. The van der Waals surface area contributed by atoms with Gasteiger partial charge in [-0.05, 0) is 55.8 Å². The van der Waals surface area contributed by atoms with Gasteiger partial charge in [0.2, 0.25) is 16.8 Å². The molecule has 1 saturated heterocycles. The standard InChI is InChI=1S/C19H22N2O4S.ClH/c22-26(23,16-6-2-1-3-7-16)20-13-17(21-10-4-5-11-21)15-8-9-18-19(12-15)25-14-24-18;/h1-3,6-9,12,17,20H,4-5,10-11,13-14H2;1H. The van der Waals surface area contributed by atoms with Crippen molar-refractivity contribution in [2.75, 3.05) is 26.4 Å². The number of sulfonamides is 1. The molecular weight excluding hydrogens is 388 g/mol. The van der Waals surface area contributed by atoms with Crippen LogP contribution in [0.2, 0.25) is 0 Å². The van der Waals surface area contributed by atoms with Crippen molar-refractivity contribution in [2.45, 2.75) is 23.8 Å². The third kappa shape index (κ3) is 4.38. The summed E-state index contributed by atoms with van der Waals surface area (Å²) < 4.78 is 38.8. The summed E-state index contributed by atoms with van der Waals surface area (Å²) >= 11 is 0. The van der Waals surface area contributed by atoms with Gasteiger partial charge in [-0.3, -0.25) is 4.90 Å². The van der Waals surface area contributed by atoms with Gasteiger partial charge in [-0.25, -0.2) is 13.1 Å². The van der Waals surface area contributed by atoms with E-state index in [1.54, 1.807) is 30.3 Å². The lowest BCUT2D eigenvalue weighted by atomic mass is 10.1. The maximum Gasteiger partial charge on any atom is 0.240 e. The largest absolute Gasteiger partial charge is 0.454 e. The van der Waals surface area contributed by atoms with E-state index in [1.165, 1.54) is 0 Å². The molecule has 0 amide bonds. The van der Waals surface area contributed by atoms with Crippen LogP contribution in [0.3, 0.4) is 0 Å². The van der Waals surface area contributed by atoms with Gasteiger partial charge >= 0.3 is 0 Å². The van der Waals surface area contributed by atoms with Crippen LogP contribution in [0, 0.1) is 0 Å². The topological polar surface area (TPSA) is 67.9 Å². The summed E-state index contributed by atoms with van der Waals surface area (Å²) in [5.74, 6) is 1.46. The molecule has 0 radical (unpaired) electrons. The minimum Gasteiger partial charge on any atom is -0.454 e. The Bertz CT molecular complexity index is 871. The molecule has 0 bridgehead atoms. The highest BCUT2D eigenvalue weighted by Gasteiger charge is 2.27. The van der Waals surface area contributed by atoms with E-state index in [2.05, 4.69) is 9.62 Å². The number of hydrogen-bond donors (Lipinski definition) is 1. The molecule has 0 aromatic heterocycles. The summed E-state index contributed by atoms with van der Waals surface area (Å²) in [6.45, 7) is 2.48. The Kier molecular flexibility index (Phi) is 6.26. The molecule has 2 aromatic rings. The fourth-order valence-electron chi connectivity index (χ4n) is 3.50. The maximum atomic E-state index is 12.6. The fourth-order valence-corrected chi connectivity index (χ4v) is 4.56. The van der Waals surface area contributed by atoms with Crippen LogP contribution in [0.15, 0.2) is 53.4 Å². The molecule has 0 spiro atoms. The molecule has 1 N–H and O–H groups in total. The van der Waals surface area contributed by atoms with E-state index in [0.717, 1.165) is 43.0 Å². The number of rotatable bonds is 6. The molecule has 8 heteroatoms. The van der Waals surface area contributed by atoms with Crippen LogP contribution in [0.1, 0.15) is 24.4 Å². The van der Waals surface area contributed by atoms with E-state index in [1.807, 2.05) is 18.2 Å². The first-order chi connectivity index (χ1) is 12.6. The number of likely N-dealkylation sites (tertiary alicyclic amines) is 1. The smallest absolute Gasteiger partial charge is 0.240 e. The number of halogens is 1. The lowest BCUT2D eigenvalue weighted by Gasteiger charge is -2.28. The lowest BCUT2D eigenvalue weighted by Crippen LogP contribution is -2.36. The SMILES string of the molecule is Cl.O=S(=O)(NCC(c1ccc2c(c1)OCO2)N1CCCC1)c1ccccc1. The van der Waals surface area contributed by atoms with Gasteiger partial charge in [0.25, 0.3) is 0 Å². The fraction of sp³-hybridized carbons (Fsp3) is 0.368. The van der Waals surface area contributed by atoms with Gasteiger partial charge in [0.05, 0.1) is 4.90 Å². The third-order valence-corrected chi connectivity index (χ3v) is 6.32. The lowest BCUT2D eigenvalue weighted by molar-refractivity contribution is 0.173. The summed E-state index contributed by atoms with van der Waals surface area (Å²) in [5.41, 5.74) is 1.03. The van der Waals surface area contributed by atoms with E-state index < -0.39 is 10.0 Å². The van der Waals surface area contributed by atoms with Crippen LogP contribution in [0.25, 0.3) is 0 Å². The van der Waals surface area contributed by atoms with Crippen LogP contribution in [-0.2, 0) is 10.0 Å². The molecule has 2 aliphatic heterocycles. The number of benzene rings is 2. The molecule has 0 saturated carbocycles. The van der Waals surface area contributed by atoms with Crippen molar-refractivity contribution in [3.05, 3.63) is 54.1 Å². The van der Waals surface area contributed by atoms with E-state index >= 15 is 0 Å². The van der Waals surface area contributed by atoms with Crippen LogP contribution in [0.4, 0.5) is 0 Å². The van der Waals surface area contributed by atoms with Crippen LogP contribution >= 0.6 is 12.4 Å². The minimum atomic E-state index is -3.54. The van der Waals surface area contributed by atoms with Crippen molar-refractivity contribution < 1.29 is 17.9 Å². The van der Waals surface area contributed by atoms with Crippen LogP contribution in [-0.4, -0.2) is 39.7 Å². The maximum absolute atomic E-state index is 12.6. The summed E-state index contributed by atoms with van der Waals surface area (Å²) in [6.07, 6.45) is 2.26. The first-order valence-corrected chi connectivity index (χ1v) is 10.3. The molecule has 2 heterocycles. The highest BCUT2D eigenvalue weighted by molar-refractivity contribution is 7.89.